The van der Waals surface area contributed by atoms with Crippen LogP contribution in [-0.2, 0) is 9.53 Å². The minimum Gasteiger partial charge on any atom is -0.469 e. The van der Waals surface area contributed by atoms with Gasteiger partial charge in [-0.25, -0.2) is 4.39 Å². The largest absolute Gasteiger partial charge is 0.469 e. The third-order valence-corrected chi connectivity index (χ3v) is 2.81. The van der Waals surface area contributed by atoms with E-state index in [0.717, 1.165) is 6.07 Å². The molecule has 1 aromatic rings. The highest BCUT2D eigenvalue weighted by molar-refractivity contribution is 6.31. The van der Waals surface area contributed by atoms with Crippen molar-refractivity contribution in [3.8, 4) is 0 Å². The van der Waals surface area contributed by atoms with Crippen LogP contribution in [0.1, 0.15) is 30.1 Å². The van der Waals surface area contributed by atoms with Crippen molar-refractivity contribution >= 4 is 23.4 Å². The number of methoxy groups -OCH3 is 1. The first-order chi connectivity index (χ1) is 8.43. The first-order valence-electron chi connectivity index (χ1n) is 5.49. The Bertz CT molecular complexity index is 460. The van der Waals surface area contributed by atoms with Gasteiger partial charge in [0, 0.05) is 18.4 Å². The molecule has 0 saturated heterocycles. The summed E-state index contributed by atoms with van der Waals surface area (Å²) < 4.78 is 17.5. The van der Waals surface area contributed by atoms with Gasteiger partial charge in [0.15, 0.2) is 5.78 Å². The maximum Gasteiger partial charge on any atom is 0.305 e. The Kier molecular flexibility index (Phi) is 5.28. The van der Waals surface area contributed by atoms with E-state index in [1.54, 1.807) is 6.92 Å². The number of halogens is 2. The van der Waals surface area contributed by atoms with Gasteiger partial charge in [-0.1, -0.05) is 18.5 Å². The zero-order valence-corrected chi connectivity index (χ0v) is 11.0. The van der Waals surface area contributed by atoms with Crippen LogP contribution in [0, 0.1) is 11.7 Å². The molecule has 0 aliphatic carbocycles. The van der Waals surface area contributed by atoms with Gasteiger partial charge in [-0.15, -0.1) is 0 Å². The van der Waals surface area contributed by atoms with Gasteiger partial charge >= 0.3 is 5.97 Å². The highest BCUT2D eigenvalue weighted by atomic mass is 35.5. The van der Waals surface area contributed by atoms with E-state index < -0.39 is 5.82 Å². The summed E-state index contributed by atoms with van der Waals surface area (Å²) in [5.41, 5.74) is 0.345. The topological polar surface area (TPSA) is 43.4 Å². The summed E-state index contributed by atoms with van der Waals surface area (Å²) in [4.78, 5) is 22.9. The quantitative estimate of drug-likeness (QED) is 0.610. The van der Waals surface area contributed by atoms with E-state index in [-0.39, 0.29) is 35.5 Å². The molecule has 0 aliphatic heterocycles. The van der Waals surface area contributed by atoms with E-state index in [9.17, 15) is 14.0 Å². The van der Waals surface area contributed by atoms with Crippen molar-refractivity contribution in [2.24, 2.45) is 5.92 Å². The first-order valence-corrected chi connectivity index (χ1v) is 5.87. The first kappa shape index (κ1) is 14.6. The summed E-state index contributed by atoms with van der Waals surface area (Å²) in [7, 11) is 1.30. The number of rotatable bonds is 5. The number of benzene rings is 1. The molecule has 5 heteroatoms. The van der Waals surface area contributed by atoms with Gasteiger partial charge in [-0.3, -0.25) is 9.59 Å². The molecule has 0 saturated carbocycles. The molecule has 0 spiro atoms. The lowest BCUT2D eigenvalue weighted by molar-refractivity contribution is -0.141. The van der Waals surface area contributed by atoms with Crippen LogP contribution in [0.4, 0.5) is 4.39 Å². The second-order valence-corrected chi connectivity index (χ2v) is 4.55. The number of Topliss-reactive ketones (excluding diaryl/α,β-unsaturated/α-hetero) is 1. The molecular formula is C13H14ClFO3. The van der Waals surface area contributed by atoms with E-state index in [4.69, 9.17) is 11.6 Å². The molecule has 1 aromatic carbocycles. The SMILES string of the molecule is COC(=O)C[C@@H](C)CC(=O)c1ccc(F)c(Cl)c1. The lowest BCUT2D eigenvalue weighted by Gasteiger charge is -2.09. The summed E-state index contributed by atoms with van der Waals surface area (Å²) >= 11 is 5.60. The Balaban J connectivity index is 2.64. The zero-order valence-electron chi connectivity index (χ0n) is 10.2. The molecule has 1 rings (SSSR count). The second-order valence-electron chi connectivity index (χ2n) is 4.14. The van der Waals surface area contributed by atoms with Crippen LogP contribution < -0.4 is 0 Å². The number of hydrogen-bond acceptors (Lipinski definition) is 3. The summed E-state index contributed by atoms with van der Waals surface area (Å²) in [6.45, 7) is 1.78. The summed E-state index contributed by atoms with van der Waals surface area (Å²) in [5.74, 6) is -1.22. The van der Waals surface area contributed by atoms with E-state index in [0.29, 0.717) is 5.56 Å². The van der Waals surface area contributed by atoms with Gasteiger partial charge in [-0.05, 0) is 24.1 Å². The molecule has 0 fully saturated rings. The monoisotopic (exact) mass is 272 g/mol. The van der Waals surface area contributed by atoms with E-state index >= 15 is 0 Å². The van der Waals surface area contributed by atoms with Crippen molar-refractivity contribution in [2.75, 3.05) is 7.11 Å². The fraction of sp³-hybridized carbons (Fsp3) is 0.385. The van der Waals surface area contributed by atoms with Crippen LogP contribution in [0.3, 0.4) is 0 Å². The predicted octanol–water partition coefficient (Wildman–Crippen LogP) is 3.25. The fourth-order valence-corrected chi connectivity index (χ4v) is 1.72. The third-order valence-electron chi connectivity index (χ3n) is 2.52. The minimum atomic E-state index is -0.559. The molecular weight excluding hydrogens is 259 g/mol. The molecule has 0 radical (unpaired) electrons. The highest BCUT2D eigenvalue weighted by Gasteiger charge is 2.15. The third kappa shape index (κ3) is 4.11. The molecule has 0 aromatic heterocycles. The predicted molar refractivity (Wildman–Crippen MR) is 66.2 cm³/mol. The van der Waals surface area contributed by atoms with E-state index in [1.807, 2.05) is 0 Å². The maximum atomic E-state index is 12.9. The molecule has 0 amide bonds. The highest BCUT2D eigenvalue weighted by Crippen LogP contribution is 2.19. The van der Waals surface area contributed by atoms with Gasteiger partial charge in [0.1, 0.15) is 5.82 Å². The molecule has 0 heterocycles. The number of hydrogen-bond donors (Lipinski definition) is 0. The Labute approximate surface area is 110 Å². The number of carbonyl (C=O) groups excluding carboxylic acids is 2. The van der Waals surface area contributed by atoms with Crippen LogP contribution in [0.2, 0.25) is 5.02 Å². The van der Waals surface area contributed by atoms with E-state index in [2.05, 4.69) is 4.74 Å². The molecule has 18 heavy (non-hydrogen) atoms. The van der Waals surface area contributed by atoms with Gasteiger partial charge < -0.3 is 4.74 Å². The van der Waals surface area contributed by atoms with Gasteiger partial charge in [0.05, 0.1) is 12.1 Å². The lowest BCUT2D eigenvalue weighted by atomic mass is 9.97. The van der Waals surface area contributed by atoms with Crippen molar-refractivity contribution in [1.29, 1.82) is 0 Å². The van der Waals surface area contributed by atoms with E-state index in [1.165, 1.54) is 19.2 Å². The average Bonchev–Trinajstić information content (AvgIpc) is 2.32. The molecule has 98 valence electrons. The van der Waals surface area contributed by atoms with Crippen LogP contribution in [-0.4, -0.2) is 18.9 Å². The summed E-state index contributed by atoms with van der Waals surface area (Å²) in [5, 5.41) is -0.0820. The number of ether oxygens (including phenoxy) is 1. The smallest absolute Gasteiger partial charge is 0.305 e. The van der Waals surface area contributed by atoms with Crippen molar-refractivity contribution in [2.45, 2.75) is 19.8 Å². The number of carbonyl (C=O) groups is 2. The molecule has 3 nitrogen and oxygen atoms in total. The Morgan fingerprint density at radius 2 is 2.06 bits per heavy atom. The van der Waals surface area contributed by atoms with Gasteiger partial charge in [0.2, 0.25) is 0 Å². The van der Waals surface area contributed by atoms with Crippen LogP contribution in [0.15, 0.2) is 18.2 Å². The Morgan fingerprint density at radius 1 is 1.39 bits per heavy atom. The molecule has 0 unspecified atom stereocenters. The van der Waals surface area contributed by atoms with Crippen molar-refractivity contribution in [1.82, 2.24) is 0 Å². The zero-order chi connectivity index (χ0) is 13.7. The van der Waals surface area contributed by atoms with Gasteiger partial charge in [-0.2, -0.15) is 0 Å². The lowest BCUT2D eigenvalue weighted by Crippen LogP contribution is -2.12. The molecule has 0 aliphatic rings. The second kappa shape index (κ2) is 6.50. The molecule has 0 N–H and O–H groups in total. The number of esters is 1. The fourth-order valence-electron chi connectivity index (χ4n) is 1.54. The Hall–Kier alpha value is -1.42. The van der Waals surface area contributed by atoms with Crippen molar-refractivity contribution < 1.29 is 18.7 Å². The molecule has 1 atom stereocenters. The summed E-state index contributed by atoms with van der Waals surface area (Å²) in [6.07, 6.45) is 0.369. The average molecular weight is 273 g/mol. The van der Waals surface area contributed by atoms with Crippen molar-refractivity contribution in [3.05, 3.63) is 34.6 Å². The summed E-state index contributed by atoms with van der Waals surface area (Å²) in [6, 6.07) is 3.83. The normalized spacial score (nSPS) is 12.0. The molecule has 0 bridgehead atoms. The standard InChI is InChI=1S/C13H14ClFO3/c1-8(6-13(17)18-2)5-12(16)9-3-4-11(15)10(14)7-9/h3-4,7-8H,5-6H2,1-2H3/t8-/m0/s1. The van der Waals surface area contributed by atoms with Crippen LogP contribution in [0.5, 0.6) is 0 Å². The van der Waals surface area contributed by atoms with Crippen LogP contribution >= 0.6 is 11.6 Å². The minimum absolute atomic E-state index is 0.0820. The number of ketones is 1. The van der Waals surface area contributed by atoms with Crippen molar-refractivity contribution in [3.63, 3.8) is 0 Å². The Morgan fingerprint density at radius 3 is 2.61 bits per heavy atom. The van der Waals surface area contributed by atoms with Gasteiger partial charge in [0.25, 0.3) is 0 Å². The maximum absolute atomic E-state index is 12.9. The van der Waals surface area contributed by atoms with Crippen LogP contribution in [0.25, 0.3) is 0 Å².